The van der Waals surface area contributed by atoms with Crippen molar-refractivity contribution in [2.45, 2.75) is 24.7 Å². The van der Waals surface area contributed by atoms with Gasteiger partial charge in [-0.2, -0.15) is 13.2 Å². The van der Waals surface area contributed by atoms with Gasteiger partial charge in [-0.3, -0.25) is 9.59 Å². The number of likely N-dealkylation sites (tertiary alicyclic amines) is 2. The summed E-state index contributed by atoms with van der Waals surface area (Å²) < 4.78 is 50.8. The second-order valence-electron chi connectivity index (χ2n) is 5.57. The summed E-state index contributed by atoms with van der Waals surface area (Å²) in [7, 11) is 0. The van der Waals surface area contributed by atoms with Gasteiger partial charge in [-0.15, -0.1) is 0 Å². The zero-order valence-corrected chi connectivity index (χ0v) is 11.4. The number of rotatable bonds is 3. The van der Waals surface area contributed by atoms with E-state index >= 15 is 0 Å². The van der Waals surface area contributed by atoms with Gasteiger partial charge in [-0.1, -0.05) is 0 Å². The zero-order valence-electron chi connectivity index (χ0n) is 11.4. The van der Waals surface area contributed by atoms with Gasteiger partial charge >= 0.3 is 12.1 Å². The molecule has 0 spiro atoms. The van der Waals surface area contributed by atoms with Crippen molar-refractivity contribution in [3.8, 4) is 0 Å². The van der Waals surface area contributed by atoms with Gasteiger partial charge in [0, 0.05) is 25.9 Å². The minimum Gasteiger partial charge on any atom is -0.479 e. The Morgan fingerprint density at radius 1 is 1.36 bits per heavy atom. The molecule has 1 N–H and O–H groups in total. The summed E-state index contributed by atoms with van der Waals surface area (Å²) in [6.07, 6.45) is -5.31. The van der Waals surface area contributed by atoms with E-state index in [4.69, 9.17) is 5.11 Å². The van der Waals surface area contributed by atoms with Crippen LogP contribution < -0.4 is 0 Å². The molecule has 2 saturated heterocycles. The Bertz CT molecular complexity index is 510. The van der Waals surface area contributed by atoms with Crippen LogP contribution in [0.5, 0.6) is 0 Å². The van der Waals surface area contributed by atoms with Gasteiger partial charge in [-0.05, 0) is 0 Å². The SMILES string of the molecule is O=C1CC(C(=O)N2CCC(F)(C(=O)O)C2)CN1CC(F)(F)F. The molecule has 2 atom stereocenters. The van der Waals surface area contributed by atoms with Gasteiger partial charge in [0.25, 0.3) is 0 Å². The number of carboxylic acids is 1. The van der Waals surface area contributed by atoms with Crippen LogP contribution in [0.4, 0.5) is 17.6 Å². The highest BCUT2D eigenvalue weighted by atomic mass is 19.4. The number of nitrogens with zero attached hydrogens (tertiary/aromatic N) is 2. The third-order valence-electron chi connectivity index (χ3n) is 3.85. The molecule has 0 bridgehead atoms. The number of hydrogen-bond acceptors (Lipinski definition) is 3. The van der Waals surface area contributed by atoms with Gasteiger partial charge in [0.2, 0.25) is 17.5 Å². The molecular weight excluding hydrogens is 312 g/mol. The molecule has 2 unspecified atom stereocenters. The fourth-order valence-electron chi connectivity index (χ4n) is 2.70. The molecule has 0 aromatic heterocycles. The van der Waals surface area contributed by atoms with E-state index in [0.29, 0.717) is 4.90 Å². The molecule has 0 aliphatic carbocycles. The quantitative estimate of drug-likeness (QED) is 0.763. The number of alkyl halides is 4. The monoisotopic (exact) mass is 326 g/mol. The van der Waals surface area contributed by atoms with Crippen molar-refractivity contribution >= 4 is 17.8 Å². The van der Waals surface area contributed by atoms with Crippen LogP contribution in [0.25, 0.3) is 0 Å². The van der Waals surface area contributed by atoms with Crippen LogP contribution >= 0.6 is 0 Å². The van der Waals surface area contributed by atoms with E-state index in [0.717, 1.165) is 4.90 Å². The second-order valence-corrected chi connectivity index (χ2v) is 5.57. The Labute approximate surface area is 122 Å². The molecule has 2 rings (SSSR count). The first-order chi connectivity index (χ1) is 10.0. The van der Waals surface area contributed by atoms with E-state index < -0.39 is 48.6 Å². The predicted octanol–water partition coefficient (Wildman–Crippen LogP) is 0.422. The molecule has 2 amide bonds. The predicted molar refractivity (Wildman–Crippen MR) is 63.4 cm³/mol. The summed E-state index contributed by atoms with van der Waals surface area (Å²) in [5.41, 5.74) is -2.54. The van der Waals surface area contributed by atoms with Crippen LogP contribution in [0, 0.1) is 5.92 Å². The van der Waals surface area contributed by atoms with Crippen molar-refractivity contribution in [1.29, 1.82) is 0 Å². The summed E-state index contributed by atoms with van der Waals surface area (Å²) in [6.45, 7) is -2.60. The molecule has 6 nitrogen and oxygen atoms in total. The first-order valence-electron chi connectivity index (χ1n) is 6.57. The average Bonchev–Trinajstić information content (AvgIpc) is 2.93. The highest BCUT2D eigenvalue weighted by Crippen LogP contribution is 2.30. The largest absolute Gasteiger partial charge is 0.479 e. The number of carboxylic acid groups (broad SMARTS) is 1. The molecule has 0 saturated carbocycles. The van der Waals surface area contributed by atoms with Crippen molar-refractivity contribution in [2.75, 3.05) is 26.2 Å². The Morgan fingerprint density at radius 2 is 2.00 bits per heavy atom. The van der Waals surface area contributed by atoms with Crippen LogP contribution in [0.1, 0.15) is 12.8 Å². The van der Waals surface area contributed by atoms with E-state index in [2.05, 4.69) is 0 Å². The molecule has 2 fully saturated rings. The Kier molecular flexibility index (Phi) is 4.05. The molecule has 2 aliphatic rings. The maximum atomic E-state index is 13.9. The van der Waals surface area contributed by atoms with Gasteiger partial charge in [0.1, 0.15) is 6.54 Å². The lowest BCUT2D eigenvalue weighted by Gasteiger charge is -2.22. The summed E-state index contributed by atoms with van der Waals surface area (Å²) >= 11 is 0. The Balaban J connectivity index is 1.98. The zero-order chi connectivity index (χ0) is 16.7. The van der Waals surface area contributed by atoms with Gasteiger partial charge in [0.15, 0.2) is 0 Å². The average molecular weight is 326 g/mol. The van der Waals surface area contributed by atoms with Gasteiger partial charge < -0.3 is 14.9 Å². The Morgan fingerprint density at radius 3 is 2.50 bits per heavy atom. The maximum Gasteiger partial charge on any atom is 0.406 e. The molecule has 0 radical (unpaired) electrons. The van der Waals surface area contributed by atoms with Crippen LogP contribution in [-0.4, -0.2) is 70.7 Å². The molecule has 10 heteroatoms. The Hall–Kier alpha value is -1.87. The van der Waals surface area contributed by atoms with E-state index in [-0.39, 0.29) is 25.9 Å². The van der Waals surface area contributed by atoms with Gasteiger partial charge in [-0.25, -0.2) is 9.18 Å². The van der Waals surface area contributed by atoms with Crippen molar-refractivity contribution in [3.63, 3.8) is 0 Å². The smallest absolute Gasteiger partial charge is 0.406 e. The summed E-state index contributed by atoms with van der Waals surface area (Å²) in [6, 6.07) is 0. The number of carbonyl (C=O) groups excluding carboxylic acids is 2. The van der Waals surface area contributed by atoms with E-state index in [1.807, 2.05) is 0 Å². The summed E-state index contributed by atoms with van der Waals surface area (Å²) in [5, 5.41) is 8.75. The molecule has 124 valence electrons. The summed E-state index contributed by atoms with van der Waals surface area (Å²) in [5.74, 6) is -4.14. The van der Waals surface area contributed by atoms with E-state index in [1.165, 1.54) is 0 Å². The van der Waals surface area contributed by atoms with Crippen LogP contribution in [0.15, 0.2) is 0 Å². The number of aliphatic carboxylic acids is 1. The van der Waals surface area contributed by atoms with Crippen molar-refractivity contribution in [3.05, 3.63) is 0 Å². The van der Waals surface area contributed by atoms with Crippen LogP contribution in [0.2, 0.25) is 0 Å². The minimum atomic E-state index is -4.56. The lowest BCUT2D eigenvalue weighted by Crippen LogP contribution is -2.41. The third-order valence-corrected chi connectivity index (χ3v) is 3.85. The first-order valence-corrected chi connectivity index (χ1v) is 6.57. The highest BCUT2D eigenvalue weighted by Gasteiger charge is 2.49. The van der Waals surface area contributed by atoms with Crippen molar-refractivity contribution in [2.24, 2.45) is 5.92 Å². The topological polar surface area (TPSA) is 77.9 Å². The minimum absolute atomic E-state index is 0.133. The van der Waals surface area contributed by atoms with Crippen molar-refractivity contribution in [1.82, 2.24) is 9.80 Å². The summed E-state index contributed by atoms with van der Waals surface area (Å²) in [4.78, 5) is 35.9. The van der Waals surface area contributed by atoms with Crippen molar-refractivity contribution < 1.29 is 37.1 Å². The third kappa shape index (κ3) is 3.30. The number of halogens is 4. The van der Waals surface area contributed by atoms with Crippen LogP contribution in [0.3, 0.4) is 0 Å². The normalized spacial score (nSPS) is 29.3. The maximum absolute atomic E-state index is 13.9. The number of hydrogen-bond donors (Lipinski definition) is 1. The first kappa shape index (κ1) is 16.5. The highest BCUT2D eigenvalue weighted by molar-refractivity contribution is 5.90. The van der Waals surface area contributed by atoms with E-state index in [1.54, 1.807) is 0 Å². The molecule has 2 heterocycles. The molecule has 0 aromatic carbocycles. The second kappa shape index (κ2) is 5.40. The molecular formula is C12H14F4N2O4. The molecule has 0 aromatic rings. The van der Waals surface area contributed by atoms with Gasteiger partial charge in [0.05, 0.1) is 12.5 Å². The molecule has 2 aliphatic heterocycles. The molecule has 22 heavy (non-hydrogen) atoms. The lowest BCUT2D eigenvalue weighted by atomic mass is 10.1. The fourth-order valence-corrected chi connectivity index (χ4v) is 2.70. The number of carbonyl (C=O) groups is 3. The van der Waals surface area contributed by atoms with Crippen LogP contribution in [-0.2, 0) is 14.4 Å². The standard InChI is InChI=1S/C12H14F4N2O4/c13-11(10(21)22)1-2-17(5-11)9(20)7-3-8(19)18(4-7)6-12(14,15)16/h7H,1-6H2,(H,21,22). The fraction of sp³-hybridized carbons (Fsp3) is 0.750. The number of amides is 2. The lowest BCUT2D eigenvalue weighted by molar-refractivity contribution is -0.157. The van der Waals surface area contributed by atoms with E-state index in [9.17, 15) is 31.9 Å².